The molecule has 1 saturated carbocycles. The Morgan fingerprint density at radius 1 is 1.17 bits per heavy atom. The fourth-order valence-corrected chi connectivity index (χ4v) is 3.25. The predicted octanol–water partition coefficient (Wildman–Crippen LogP) is 1.18. The van der Waals surface area contributed by atoms with Crippen LogP contribution >= 0.6 is 24.8 Å². The molecule has 24 heavy (non-hydrogen) atoms. The topological polar surface area (TPSA) is 80.3 Å². The number of rotatable bonds is 5. The molecule has 1 aromatic rings. The van der Waals surface area contributed by atoms with Crippen LogP contribution in [0.15, 0.2) is 0 Å². The maximum Gasteiger partial charge on any atom is 0.236 e. The lowest BCUT2D eigenvalue weighted by molar-refractivity contribution is -0.130. The summed E-state index contributed by atoms with van der Waals surface area (Å²) in [5, 5.41) is 8.94. The first-order valence-corrected chi connectivity index (χ1v) is 8.16. The molecular weight excluding hydrogens is 351 g/mol. The van der Waals surface area contributed by atoms with Crippen molar-refractivity contribution < 1.29 is 4.79 Å². The number of likely N-dealkylation sites (tertiary alicyclic amines) is 1. The van der Waals surface area contributed by atoms with Crippen molar-refractivity contribution in [3.63, 3.8) is 0 Å². The van der Waals surface area contributed by atoms with Crippen LogP contribution in [0.1, 0.15) is 49.3 Å². The summed E-state index contributed by atoms with van der Waals surface area (Å²) in [6, 6.07) is 0.587. The molecule has 2 aliphatic rings. The number of carbonyl (C=O) groups excluding carboxylic acids is 1. The summed E-state index contributed by atoms with van der Waals surface area (Å²) in [5.74, 6) is 2.66. The number of aromatic nitrogens is 3. The van der Waals surface area contributed by atoms with Gasteiger partial charge in [0.25, 0.3) is 0 Å². The summed E-state index contributed by atoms with van der Waals surface area (Å²) in [4.78, 5) is 15.7. The van der Waals surface area contributed by atoms with E-state index in [0.29, 0.717) is 12.0 Å². The first kappa shape index (κ1) is 21.2. The summed E-state index contributed by atoms with van der Waals surface area (Å²) in [7, 11) is 4.12. The number of amides is 1. The monoisotopic (exact) mass is 378 g/mol. The average Bonchev–Trinajstić information content (AvgIpc) is 3.27. The fourth-order valence-electron chi connectivity index (χ4n) is 3.25. The second kappa shape index (κ2) is 8.99. The van der Waals surface area contributed by atoms with E-state index in [1.165, 1.54) is 12.8 Å². The zero-order valence-electron chi connectivity index (χ0n) is 14.3. The normalized spacial score (nSPS) is 18.2. The molecule has 1 aromatic heterocycles. The molecule has 0 bridgehead atoms. The Labute approximate surface area is 155 Å². The third-order valence-corrected chi connectivity index (χ3v) is 4.55. The van der Waals surface area contributed by atoms with Gasteiger partial charge in [-0.1, -0.05) is 0 Å². The van der Waals surface area contributed by atoms with Gasteiger partial charge in [-0.05, 0) is 39.8 Å². The average molecular weight is 379 g/mol. The highest BCUT2D eigenvalue weighted by atomic mass is 35.5. The van der Waals surface area contributed by atoms with Crippen LogP contribution in [0, 0.1) is 0 Å². The third kappa shape index (κ3) is 4.59. The molecule has 2 fully saturated rings. The number of nitrogens with two attached hydrogens (primary N) is 1. The van der Waals surface area contributed by atoms with Gasteiger partial charge in [0.05, 0.1) is 13.1 Å². The van der Waals surface area contributed by atoms with Crippen LogP contribution in [0.2, 0.25) is 0 Å². The highest BCUT2D eigenvalue weighted by Crippen LogP contribution is 2.39. The lowest BCUT2D eigenvalue weighted by Gasteiger charge is -2.31. The first-order valence-electron chi connectivity index (χ1n) is 8.16. The van der Waals surface area contributed by atoms with Gasteiger partial charge in [-0.2, -0.15) is 0 Å². The van der Waals surface area contributed by atoms with Crippen molar-refractivity contribution in [2.24, 2.45) is 5.73 Å². The summed E-state index contributed by atoms with van der Waals surface area (Å²) in [5.41, 5.74) is 5.45. The van der Waals surface area contributed by atoms with Gasteiger partial charge in [-0.15, -0.1) is 35.0 Å². The van der Waals surface area contributed by atoms with Gasteiger partial charge in [0.2, 0.25) is 5.91 Å². The van der Waals surface area contributed by atoms with E-state index in [1.807, 2.05) is 4.90 Å². The molecule has 138 valence electrons. The maximum atomic E-state index is 11.7. The zero-order valence-corrected chi connectivity index (χ0v) is 16.0. The Morgan fingerprint density at radius 2 is 1.79 bits per heavy atom. The van der Waals surface area contributed by atoms with Gasteiger partial charge in [0.15, 0.2) is 0 Å². The van der Waals surface area contributed by atoms with Crippen LogP contribution in [0.25, 0.3) is 0 Å². The van der Waals surface area contributed by atoms with E-state index < -0.39 is 0 Å². The number of piperidine rings is 1. The molecule has 1 aliphatic carbocycles. The molecule has 1 aliphatic heterocycles. The second-order valence-electron chi connectivity index (χ2n) is 6.67. The molecule has 2 N–H and O–H groups in total. The van der Waals surface area contributed by atoms with E-state index >= 15 is 0 Å². The molecule has 0 unspecified atom stereocenters. The van der Waals surface area contributed by atoms with Crippen LogP contribution in [0.5, 0.6) is 0 Å². The van der Waals surface area contributed by atoms with Crippen molar-refractivity contribution >= 4 is 30.7 Å². The Kier molecular flexibility index (Phi) is 7.92. The van der Waals surface area contributed by atoms with Crippen molar-refractivity contribution in [1.29, 1.82) is 0 Å². The second-order valence-corrected chi connectivity index (χ2v) is 6.67. The minimum atomic E-state index is 0. The third-order valence-electron chi connectivity index (χ3n) is 4.55. The first-order chi connectivity index (χ1) is 10.6. The SMILES string of the molecule is CN(C)Cc1nnc(C2CCN(C(=O)CN)CC2)n1C1CC1.Cl.Cl. The van der Waals surface area contributed by atoms with Crippen molar-refractivity contribution in [2.45, 2.75) is 44.2 Å². The Morgan fingerprint density at radius 3 is 2.29 bits per heavy atom. The molecule has 3 rings (SSSR count). The molecule has 0 atom stereocenters. The van der Waals surface area contributed by atoms with Crippen LogP contribution in [0.3, 0.4) is 0 Å². The standard InChI is InChI=1S/C15H26N6O.2ClH/c1-19(2)10-13-17-18-15(21(13)12-3-4-12)11-5-7-20(8-6-11)14(22)9-16;;/h11-12H,3-10,16H2,1-2H3;2*1H. The van der Waals surface area contributed by atoms with Gasteiger partial charge in [-0.3, -0.25) is 4.79 Å². The van der Waals surface area contributed by atoms with Crippen molar-refractivity contribution in [1.82, 2.24) is 24.6 Å². The van der Waals surface area contributed by atoms with Crippen LogP contribution in [0.4, 0.5) is 0 Å². The van der Waals surface area contributed by atoms with E-state index in [-0.39, 0.29) is 37.3 Å². The summed E-state index contributed by atoms with van der Waals surface area (Å²) >= 11 is 0. The number of nitrogens with zero attached hydrogens (tertiary/aromatic N) is 5. The molecular formula is C15H28Cl2N6O. The van der Waals surface area contributed by atoms with Gasteiger partial charge >= 0.3 is 0 Å². The minimum absolute atomic E-state index is 0. The molecule has 0 aromatic carbocycles. The Balaban J connectivity index is 0.00000144. The summed E-state index contributed by atoms with van der Waals surface area (Å²) < 4.78 is 2.37. The molecule has 0 radical (unpaired) electrons. The Bertz CT molecular complexity index is 538. The fraction of sp³-hybridized carbons (Fsp3) is 0.800. The van der Waals surface area contributed by atoms with Crippen LogP contribution in [-0.2, 0) is 11.3 Å². The van der Waals surface area contributed by atoms with Crippen molar-refractivity contribution in [3.8, 4) is 0 Å². The van der Waals surface area contributed by atoms with E-state index in [1.54, 1.807) is 0 Å². The van der Waals surface area contributed by atoms with Gasteiger partial charge in [0, 0.05) is 25.0 Å². The molecule has 1 saturated heterocycles. The van der Waals surface area contributed by atoms with Crippen LogP contribution < -0.4 is 5.73 Å². The lowest BCUT2D eigenvalue weighted by Crippen LogP contribution is -2.41. The molecule has 1 amide bonds. The van der Waals surface area contributed by atoms with E-state index in [4.69, 9.17) is 5.73 Å². The van der Waals surface area contributed by atoms with Crippen molar-refractivity contribution in [3.05, 3.63) is 11.6 Å². The lowest BCUT2D eigenvalue weighted by atomic mass is 9.95. The smallest absolute Gasteiger partial charge is 0.236 e. The van der Waals surface area contributed by atoms with E-state index in [0.717, 1.165) is 44.1 Å². The number of carbonyl (C=O) groups is 1. The molecule has 0 spiro atoms. The zero-order chi connectivity index (χ0) is 15.7. The van der Waals surface area contributed by atoms with Crippen molar-refractivity contribution in [2.75, 3.05) is 33.7 Å². The highest BCUT2D eigenvalue weighted by molar-refractivity contribution is 5.85. The molecule has 2 heterocycles. The highest BCUT2D eigenvalue weighted by Gasteiger charge is 2.34. The van der Waals surface area contributed by atoms with E-state index in [9.17, 15) is 4.79 Å². The van der Waals surface area contributed by atoms with Gasteiger partial charge in [-0.25, -0.2) is 0 Å². The minimum Gasteiger partial charge on any atom is -0.342 e. The van der Waals surface area contributed by atoms with Crippen LogP contribution in [-0.4, -0.2) is 64.2 Å². The quantitative estimate of drug-likeness (QED) is 0.831. The van der Waals surface area contributed by atoms with Gasteiger partial charge in [0.1, 0.15) is 11.6 Å². The predicted molar refractivity (Wildman–Crippen MR) is 97.8 cm³/mol. The molecule has 9 heteroatoms. The summed E-state index contributed by atoms with van der Waals surface area (Å²) in [6.07, 6.45) is 4.38. The number of hydrogen-bond acceptors (Lipinski definition) is 5. The molecule has 7 nitrogen and oxygen atoms in total. The number of hydrogen-bond donors (Lipinski definition) is 1. The largest absolute Gasteiger partial charge is 0.342 e. The maximum absolute atomic E-state index is 11.7. The summed E-state index contributed by atoms with van der Waals surface area (Å²) in [6.45, 7) is 2.49. The number of halogens is 2. The van der Waals surface area contributed by atoms with Gasteiger partial charge < -0.3 is 20.1 Å². The Hall–Kier alpha value is -0.890. The van der Waals surface area contributed by atoms with E-state index in [2.05, 4.69) is 33.8 Å².